The van der Waals surface area contributed by atoms with Crippen LogP contribution in [0.4, 0.5) is 0 Å². The van der Waals surface area contributed by atoms with Crippen LogP contribution in [-0.4, -0.2) is 18.2 Å². The second-order valence-corrected chi connectivity index (χ2v) is 5.42. The van der Waals surface area contributed by atoms with E-state index in [1.165, 1.54) is 18.4 Å². The third-order valence-electron chi connectivity index (χ3n) is 3.19. The van der Waals surface area contributed by atoms with Crippen LogP contribution in [0.5, 0.6) is 5.75 Å². The largest absolute Gasteiger partial charge is 0.490 e. The van der Waals surface area contributed by atoms with Gasteiger partial charge in [0, 0.05) is 6.04 Å². The Bertz CT molecular complexity index is 474. The van der Waals surface area contributed by atoms with E-state index in [0.29, 0.717) is 12.6 Å². The fourth-order valence-corrected chi connectivity index (χ4v) is 1.97. The molecule has 1 aromatic carbocycles. The Morgan fingerprint density at radius 3 is 2.72 bits per heavy atom. The number of nitrogens with one attached hydrogen (secondary N) is 1. The van der Waals surface area contributed by atoms with Crippen molar-refractivity contribution in [2.75, 3.05) is 6.61 Å². The van der Waals surface area contributed by atoms with Crippen molar-refractivity contribution >= 4 is 0 Å². The van der Waals surface area contributed by atoms with E-state index in [2.05, 4.69) is 24.4 Å². The van der Waals surface area contributed by atoms with E-state index < -0.39 is 5.54 Å². The standard InChI is InChI=1S/C15H20N2O/c1-11-4-7-14(12(2)8-11)18-10-15(3,9-16)17-13-5-6-13/h4,7-8,13,17H,5-6,10H2,1-3H3. The fraction of sp³-hybridized carbons (Fsp3) is 0.533. The molecule has 2 rings (SSSR count). The summed E-state index contributed by atoms with van der Waals surface area (Å²) in [6.45, 7) is 6.37. The van der Waals surface area contributed by atoms with Gasteiger partial charge in [-0.1, -0.05) is 17.7 Å². The second-order valence-electron chi connectivity index (χ2n) is 5.42. The molecule has 0 bridgehead atoms. The molecule has 1 aliphatic rings. The number of rotatable bonds is 5. The molecule has 0 aliphatic heterocycles. The highest BCUT2D eigenvalue weighted by Crippen LogP contribution is 2.24. The van der Waals surface area contributed by atoms with Gasteiger partial charge in [-0.2, -0.15) is 5.26 Å². The molecule has 0 amide bonds. The van der Waals surface area contributed by atoms with Crippen LogP contribution in [0.15, 0.2) is 18.2 Å². The summed E-state index contributed by atoms with van der Waals surface area (Å²) in [5.74, 6) is 0.861. The molecule has 1 aromatic rings. The van der Waals surface area contributed by atoms with Gasteiger partial charge < -0.3 is 4.74 Å². The molecule has 1 fully saturated rings. The molecule has 3 heteroatoms. The van der Waals surface area contributed by atoms with Gasteiger partial charge in [0.2, 0.25) is 0 Å². The summed E-state index contributed by atoms with van der Waals surface area (Å²) < 4.78 is 5.79. The lowest BCUT2D eigenvalue weighted by Crippen LogP contribution is -2.47. The van der Waals surface area contributed by atoms with Crippen LogP contribution in [-0.2, 0) is 0 Å². The Morgan fingerprint density at radius 2 is 2.17 bits per heavy atom. The molecule has 0 spiro atoms. The summed E-state index contributed by atoms with van der Waals surface area (Å²) in [5, 5.41) is 12.6. The highest BCUT2D eigenvalue weighted by molar-refractivity contribution is 5.35. The monoisotopic (exact) mass is 244 g/mol. The van der Waals surface area contributed by atoms with Crippen molar-refractivity contribution in [1.29, 1.82) is 5.26 Å². The molecule has 0 aromatic heterocycles. The number of hydrogen-bond donors (Lipinski definition) is 1. The smallest absolute Gasteiger partial charge is 0.138 e. The zero-order valence-electron chi connectivity index (χ0n) is 11.3. The van der Waals surface area contributed by atoms with E-state index >= 15 is 0 Å². The van der Waals surface area contributed by atoms with Gasteiger partial charge in [-0.15, -0.1) is 0 Å². The van der Waals surface area contributed by atoms with E-state index in [1.54, 1.807) is 0 Å². The second kappa shape index (κ2) is 4.99. The molecule has 3 nitrogen and oxygen atoms in total. The van der Waals surface area contributed by atoms with Crippen LogP contribution in [0.1, 0.15) is 30.9 Å². The maximum absolute atomic E-state index is 9.26. The topological polar surface area (TPSA) is 45.0 Å². The number of aryl methyl sites for hydroxylation is 2. The van der Waals surface area contributed by atoms with Crippen molar-refractivity contribution in [3.8, 4) is 11.8 Å². The van der Waals surface area contributed by atoms with E-state index in [4.69, 9.17) is 4.74 Å². The predicted molar refractivity (Wildman–Crippen MR) is 71.6 cm³/mol. The molecule has 0 heterocycles. The van der Waals surface area contributed by atoms with Crippen molar-refractivity contribution in [1.82, 2.24) is 5.32 Å². The third kappa shape index (κ3) is 3.24. The Balaban J connectivity index is 1.98. The SMILES string of the molecule is Cc1ccc(OCC(C)(C#N)NC2CC2)c(C)c1. The first-order valence-electron chi connectivity index (χ1n) is 6.41. The molecule has 1 N–H and O–H groups in total. The van der Waals surface area contributed by atoms with Gasteiger partial charge in [0.05, 0.1) is 6.07 Å². The lowest BCUT2D eigenvalue weighted by atomic mass is 10.1. The van der Waals surface area contributed by atoms with E-state index in [-0.39, 0.29) is 0 Å². The number of nitriles is 1. The normalized spacial score (nSPS) is 17.9. The van der Waals surface area contributed by atoms with Gasteiger partial charge in [0.15, 0.2) is 0 Å². The average molecular weight is 244 g/mol. The van der Waals surface area contributed by atoms with Gasteiger partial charge in [-0.3, -0.25) is 5.32 Å². The zero-order chi connectivity index (χ0) is 13.2. The summed E-state index contributed by atoms with van der Waals surface area (Å²) >= 11 is 0. The number of hydrogen-bond acceptors (Lipinski definition) is 3. The predicted octanol–water partition coefficient (Wildman–Crippen LogP) is 2.72. The molecular weight excluding hydrogens is 224 g/mol. The summed E-state index contributed by atoms with van der Waals surface area (Å²) in [5.41, 5.74) is 1.74. The molecule has 1 unspecified atom stereocenters. The Morgan fingerprint density at radius 1 is 1.44 bits per heavy atom. The summed E-state index contributed by atoms with van der Waals surface area (Å²) in [7, 11) is 0. The molecule has 0 saturated heterocycles. The van der Waals surface area contributed by atoms with Gasteiger partial charge >= 0.3 is 0 Å². The van der Waals surface area contributed by atoms with Gasteiger partial charge in [-0.25, -0.2) is 0 Å². The van der Waals surface area contributed by atoms with Crippen LogP contribution in [0.25, 0.3) is 0 Å². The highest BCUT2D eigenvalue weighted by atomic mass is 16.5. The van der Waals surface area contributed by atoms with Crippen molar-refractivity contribution in [2.45, 2.75) is 45.2 Å². The van der Waals surface area contributed by atoms with Crippen molar-refractivity contribution in [3.63, 3.8) is 0 Å². The molecular formula is C15H20N2O. The minimum atomic E-state index is -0.599. The zero-order valence-corrected chi connectivity index (χ0v) is 11.3. The molecule has 1 saturated carbocycles. The first kappa shape index (κ1) is 12.9. The minimum Gasteiger partial charge on any atom is -0.490 e. The Kier molecular flexibility index (Phi) is 3.58. The Labute approximate surface area is 109 Å². The van der Waals surface area contributed by atoms with Crippen molar-refractivity contribution in [3.05, 3.63) is 29.3 Å². The highest BCUT2D eigenvalue weighted by Gasteiger charge is 2.33. The van der Waals surface area contributed by atoms with Crippen LogP contribution in [0.3, 0.4) is 0 Å². The van der Waals surface area contributed by atoms with Crippen LogP contribution in [0, 0.1) is 25.2 Å². The van der Waals surface area contributed by atoms with Gasteiger partial charge in [0.25, 0.3) is 0 Å². The molecule has 1 atom stereocenters. The van der Waals surface area contributed by atoms with E-state index in [9.17, 15) is 5.26 Å². The van der Waals surface area contributed by atoms with Crippen molar-refractivity contribution < 1.29 is 4.74 Å². The van der Waals surface area contributed by atoms with E-state index in [1.807, 2.05) is 26.0 Å². The maximum Gasteiger partial charge on any atom is 0.138 e. The van der Waals surface area contributed by atoms with Crippen molar-refractivity contribution in [2.24, 2.45) is 0 Å². The minimum absolute atomic E-state index is 0.379. The van der Waals surface area contributed by atoms with Crippen LogP contribution >= 0.6 is 0 Å². The lowest BCUT2D eigenvalue weighted by Gasteiger charge is -2.24. The van der Waals surface area contributed by atoms with Crippen LogP contribution in [0.2, 0.25) is 0 Å². The first-order valence-corrected chi connectivity index (χ1v) is 6.41. The average Bonchev–Trinajstić information content (AvgIpc) is 3.12. The number of benzene rings is 1. The van der Waals surface area contributed by atoms with Gasteiger partial charge in [0.1, 0.15) is 17.9 Å². The summed E-state index contributed by atoms with van der Waals surface area (Å²) in [4.78, 5) is 0. The fourth-order valence-electron chi connectivity index (χ4n) is 1.97. The number of ether oxygens (including phenoxy) is 1. The molecule has 1 aliphatic carbocycles. The molecule has 0 radical (unpaired) electrons. The lowest BCUT2D eigenvalue weighted by molar-refractivity contribution is 0.231. The van der Waals surface area contributed by atoms with Gasteiger partial charge in [-0.05, 0) is 45.2 Å². The molecule has 96 valence electrons. The maximum atomic E-state index is 9.26. The number of nitrogens with zero attached hydrogens (tertiary/aromatic N) is 1. The molecule has 18 heavy (non-hydrogen) atoms. The Hall–Kier alpha value is -1.53. The van der Waals surface area contributed by atoms with Crippen LogP contribution < -0.4 is 10.1 Å². The summed E-state index contributed by atoms with van der Waals surface area (Å²) in [6, 6.07) is 8.90. The first-order chi connectivity index (χ1) is 8.52. The summed E-state index contributed by atoms with van der Waals surface area (Å²) in [6.07, 6.45) is 2.33. The third-order valence-corrected chi connectivity index (χ3v) is 3.19. The quantitative estimate of drug-likeness (QED) is 0.866. The van der Waals surface area contributed by atoms with E-state index in [0.717, 1.165) is 11.3 Å².